The molecule has 1 heterocycles. The first-order chi connectivity index (χ1) is 7.80. The third-order valence-corrected chi connectivity index (χ3v) is 2.43. The van der Waals surface area contributed by atoms with E-state index in [9.17, 15) is 4.79 Å². The van der Waals surface area contributed by atoms with Gasteiger partial charge in [0.25, 0.3) is 0 Å². The number of nitrogens with one attached hydrogen (secondary N) is 1. The van der Waals surface area contributed by atoms with Crippen molar-refractivity contribution in [2.45, 2.75) is 39.3 Å². The second kappa shape index (κ2) is 5.37. The van der Waals surface area contributed by atoms with Crippen LogP contribution in [-0.2, 0) is 4.74 Å². The van der Waals surface area contributed by atoms with E-state index < -0.39 is 5.60 Å². The predicted octanol–water partition coefficient (Wildman–Crippen LogP) is 1.60. The van der Waals surface area contributed by atoms with Gasteiger partial charge in [-0.15, -0.1) is 0 Å². The number of ether oxygens (including phenoxy) is 1. The Morgan fingerprint density at radius 3 is 2.71 bits per heavy atom. The van der Waals surface area contributed by atoms with Crippen molar-refractivity contribution < 1.29 is 11.0 Å². The number of alkyl carbamates (subject to hydrolysis) is 1. The van der Waals surface area contributed by atoms with Gasteiger partial charge in [-0.1, -0.05) is 0 Å². The molecule has 0 radical (unpaired) electrons. The highest BCUT2D eigenvalue weighted by molar-refractivity contribution is 5.68. The molecule has 0 aromatic rings. The third kappa shape index (κ3) is 5.05. The fourth-order valence-electron chi connectivity index (χ4n) is 1.74. The zero-order chi connectivity index (χ0) is 13.1. The highest BCUT2D eigenvalue weighted by atomic mass is 16.6. The van der Waals surface area contributed by atoms with Gasteiger partial charge in [0.1, 0.15) is 5.60 Å². The Kier molecular flexibility index (Phi) is 4.35. The van der Waals surface area contributed by atoms with Gasteiger partial charge in [-0.05, 0) is 27.7 Å². The Morgan fingerprint density at radius 2 is 2.24 bits per heavy atom. The number of nitriles is 1. The van der Waals surface area contributed by atoms with E-state index in [2.05, 4.69) is 16.3 Å². The van der Waals surface area contributed by atoms with E-state index in [-0.39, 0.29) is 19.5 Å². The largest absolute Gasteiger partial charge is 0.444 e. The molecule has 5 heteroatoms. The maximum atomic E-state index is 11.5. The smallest absolute Gasteiger partial charge is 0.407 e. The molecular weight excluding hydrogens is 218 g/mol. The van der Waals surface area contributed by atoms with Crippen LogP contribution in [0.15, 0.2) is 0 Å². The molecule has 1 amide bonds. The van der Waals surface area contributed by atoms with Gasteiger partial charge < -0.3 is 10.1 Å². The molecule has 1 aliphatic heterocycles. The molecule has 0 aromatic carbocycles. The van der Waals surface area contributed by atoms with Gasteiger partial charge in [-0.2, -0.15) is 5.26 Å². The Balaban J connectivity index is 0.00000289. The van der Waals surface area contributed by atoms with Crippen LogP contribution in [0.4, 0.5) is 4.79 Å². The summed E-state index contributed by atoms with van der Waals surface area (Å²) in [6, 6.07) is 2.25. The molecule has 1 rings (SSSR count). The normalized spacial score (nSPS) is 19.0. The number of hydrogen-bond acceptors (Lipinski definition) is 4. The third-order valence-electron chi connectivity index (χ3n) is 2.43. The zero-order valence-corrected chi connectivity index (χ0v) is 11.0. The average Bonchev–Trinajstić information content (AvgIpc) is 2.06. The first-order valence-electron chi connectivity index (χ1n) is 5.91. The SMILES string of the molecule is C[C@H](CN1CC(C#N)C1)NC(=O)OC(C)(C)C.[HH]. The van der Waals surface area contributed by atoms with Crippen LogP contribution >= 0.6 is 0 Å². The van der Waals surface area contributed by atoms with Crippen molar-refractivity contribution in [2.24, 2.45) is 5.92 Å². The van der Waals surface area contributed by atoms with Crippen LogP contribution in [0, 0.1) is 17.2 Å². The van der Waals surface area contributed by atoms with E-state index >= 15 is 0 Å². The molecule has 0 spiro atoms. The minimum absolute atomic E-state index is 0. The summed E-state index contributed by atoms with van der Waals surface area (Å²) in [5, 5.41) is 11.4. The van der Waals surface area contributed by atoms with Crippen molar-refractivity contribution in [3.05, 3.63) is 0 Å². The van der Waals surface area contributed by atoms with Crippen molar-refractivity contribution in [3.63, 3.8) is 0 Å². The van der Waals surface area contributed by atoms with Crippen LogP contribution in [0.25, 0.3) is 0 Å². The van der Waals surface area contributed by atoms with Crippen molar-refractivity contribution in [1.29, 1.82) is 5.26 Å². The predicted molar refractivity (Wildman–Crippen MR) is 66.5 cm³/mol. The van der Waals surface area contributed by atoms with E-state index in [1.807, 2.05) is 27.7 Å². The summed E-state index contributed by atoms with van der Waals surface area (Å²) in [6.07, 6.45) is -0.387. The maximum Gasteiger partial charge on any atom is 0.407 e. The minimum Gasteiger partial charge on any atom is -0.444 e. The molecule has 0 unspecified atom stereocenters. The van der Waals surface area contributed by atoms with Crippen LogP contribution in [0.5, 0.6) is 0 Å². The molecule has 1 saturated heterocycles. The van der Waals surface area contributed by atoms with Crippen LogP contribution in [0.2, 0.25) is 0 Å². The summed E-state index contributed by atoms with van der Waals surface area (Å²) in [5.74, 6) is 0.156. The molecule has 1 atom stereocenters. The van der Waals surface area contributed by atoms with Crippen LogP contribution in [0.3, 0.4) is 0 Å². The molecule has 0 aliphatic carbocycles. The van der Waals surface area contributed by atoms with Gasteiger partial charge in [-0.25, -0.2) is 4.79 Å². The molecule has 17 heavy (non-hydrogen) atoms. The van der Waals surface area contributed by atoms with Gasteiger partial charge in [0, 0.05) is 27.1 Å². The Labute approximate surface area is 104 Å². The minimum atomic E-state index is -0.466. The highest BCUT2D eigenvalue weighted by Gasteiger charge is 2.28. The highest BCUT2D eigenvalue weighted by Crippen LogP contribution is 2.14. The Bertz CT molecular complexity index is 316. The molecular formula is C12H23N3O2. The number of carbonyl (C=O) groups is 1. The first kappa shape index (κ1) is 13.8. The first-order valence-corrected chi connectivity index (χ1v) is 5.91. The molecule has 98 valence electrons. The second-order valence-electron chi connectivity index (χ2n) is 5.59. The number of amides is 1. The van der Waals surface area contributed by atoms with Crippen molar-refractivity contribution in [1.82, 2.24) is 10.2 Å². The average molecular weight is 241 g/mol. The fourth-order valence-corrected chi connectivity index (χ4v) is 1.74. The quantitative estimate of drug-likeness (QED) is 0.815. The Morgan fingerprint density at radius 1 is 1.65 bits per heavy atom. The topological polar surface area (TPSA) is 65.4 Å². The summed E-state index contributed by atoms with van der Waals surface area (Å²) in [7, 11) is 0. The summed E-state index contributed by atoms with van der Waals surface area (Å²) < 4.78 is 5.16. The number of rotatable bonds is 3. The molecule has 0 saturated carbocycles. The van der Waals surface area contributed by atoms with Crippen molar-refractivity contribution in [2.75, 3.05) is 19.6 Å². The number of hydrogen-bond donors (Lipinski definition) is 1. The number of likely N-dealkylation sites (tertiary alicyclic amines) is 1. The lowest BCUT2D eigenvalue weighted by atomic mass is 10.0. The van der Waals surface area contributed by atoms with Crippen LogP contribution < -0.4 is 5.32 Å². The summed E-state index contributed by atoms with van der Waals surface area (Å²) in [4.78, 5) is 13.6. The molecule has 0 bridgehead atoms. The van der Waals surface area contributed by atoms with E-state index in [1.54, 1.807) is 0 Å². The van der Waals surface area contributed by atoms with Gasteiger partial charge in [-0.3, -0.25) is 4.90 Å². The lowest BCUT2D eigenvalue weighted by molar-refractivity contribution is 0.0476. The zero-order valence-electron chi connectivity index (χ0n) is 11.0. The van der Waals surface area contributed by atoms with E-state index in [0.717, 1.165) is 19.6 Å². The molecule has 1 aliphatic rings. The van der Waals surface area contributed by atoms with Crippen LogP contribution in [0.1, 0.15) is 29.1 Å². The maximum absolute atomic E-state index is 11.5. The van der Waals surface area contributed by atoms with Gasteiger partial charge in [0.05, 0.1) is 12.0 Å². The van der Waals surface area contributed by atoms with Gasteiger partial charge in [0.2, 0.25) is 0 Å². The lowest BCUT2D eigenvalue weighted by Crippen LogP contribution is -2.52. The summed E-state index contributed by atoms with van der Waals surface area (Å²) in [5.41, 5.74) is -0.466. The van der Waals surface area contributed by atoms with Crippen LogP contribution in [-0.4, -0.2) is 42.3 Å². The molecule has 0 aromatic heterocycles. The molecule has 1 fully saturated rings. The van der Waals surface area contributed by atoms with Gasteiger partial charge in [0.15, 0.2) is 0 Å². The molecule has 5 nitrogen and oxygen atoms in total. The van der Waals surface area contributed by atoms with Crippen molar-refractivity contribution >= 4 is 6.09 Å². The standard InChI is InChI=1S/C12H21N3O2.H2/c1-9(6-15-7-10(5-13)8-15)14-11(16)17-12(2,3)4;/h9-10H,6-8H2,1-4H3,(H,14,16);1H/t9-;/m1./s1. The Hall–Kier alpha value is -1.28. The summed E-state index contributed by atoms with van der Waals surface area (Å²) >= 11 is 0. The van der Waals surface area contributed by atoms with E-state index in [4.69, 9.17) is 10.00 Å². The second-order valence-corrected chi connectivity index (χ2v) is 5.59. The van der Waals surface area contributed by atoms with E-state index in [1.165, 1.54) is 0 Å². The monoisotopic (exact) mass is 241 g/mol. The molecule has 1 N–H and O–H groups in total. The van der Waals surface area contributed by atoms with Crippen molar-refractivity contribution in [3.8, 4) is 6.07 Å². The number of carbonyl (C=O) groups excluding carboxylic acids is 1. The summed E-state index contributed by atoms with van der Waals surface area (Å²) in [6.45, 7) is 9.81. The van der Waals surface area contributed by atoms with Gasteiger partial charge >= 0.3 is 6.09 Å². The fraction of sp³-hybridized carbons (Fsp3) is 0.833. The lowest BCUT2D eigenvalue weighted by Gasteiger charge is -2.37. The number of nitrogens with zero attached hydrogens (tertiary/aromatic N) is 2. The van der Waals surface area contributed by atoms with E-state index in [0.29, 0.717) is 0 Å².